The summed E-state index contributed by atoms with van der Waals surface area (Å²) in [4.78, 5) is 30.2. The Morgan fingerprint density at radius 3 is 2.39 bits per heavy atom. The van der Waals surface area contributed by atoms with Crippen LogP contribution >= 0.6 is 0 Å². The summed E-state index contributed by atoms with van der Waals surface area (Å²) in [6, 6.07) is 5.82. The molecule has 160 valence electrons. The lowest BCUT2D eigenvalue weighted by Gasteiger charge is -2.56. The zero-order chi connectivity index (χ0) is 21.2. The number of nitrogens with one attached hydrogen (secondary N) is 1. The maximum Gasteiger partial charge on any atom is 0.264 e. The van der Waals surface area contributed by atoms with Crippen molar-refractivity contribution >= 4 is 16.9 Å². The van der Waals surface area contributed by atoms with E-state index >= 15 is 0 Å². The molecule has 0 unspecified atom stereocenters. The Morgan fingerprint density at radius 1 is 1.10 bits per heavy atom. The van der Waals surface area contributed by atoms with Crippen LogP contribution in [0.5, 0.6) is 0 Å². The number of hydrogen-bond donors (Lipinski definition) is 1. The van der Waals surface area contributed by atoms with Gasteiger partial charge in [0.1, 0.15) is 24.1 Å². The predicted octanol–water partition coefficient (Wildman–Crippen LogP) is 2.81. The van der Waals surface area contributed by atoms with Gasteiger partial charge in [-0.2, -0.15) is 5.10 Å². The SMILES string of the molecule is O=C(Cn1cnc2c(cnn2-c2ccc(F)cc2)c1=O)NC12CC3CC(CC(C3)C1)C2. The molecule has 1 aromatic carbocycles. The Labute approximate surface area is 178 Å². The molecule has 7 nitrogen and oxygen atoms in total. The van der Waals surface area contributed by atoms with Crippen molar-refractivity contribution in [3.05, 3.63) is 53.0 Å². The first-order valence-electron chi connectivity index (χ1n) is 11.0. The number of fused-ring (bicyclic) bond motifs is 1. The molecule has 4 bridgehead atoms. The van der Waals surface area contributed by atoms with Gasteiger partial charge < -0.3 is 5.32 Å². The predicted molar refractivity (Wildman–Crippen MR) is 112 cm³/mol. The molecule has 1 amide bonds. The van der Waals surface area contributed by atoms with E-state index in [4.69, 9.17) is 0 Å². The maximum absolute atomic E-state index is 13.2. The van der Waals surface area contributed by atoms with E-state index in [0.717, 1.165) is 37.0 Å². The van der Waals surface area contributed by atoms with Gasteiger partial charge >= 0.3 is 0 Å². The van der Waals surface area contributed by atoms with E-state index in [1.165, 1.54) is 53.2 Å². The Bertz CT molecular complexity index is 1190. The minimum absolute atomic E-state index is 0.0503. The number of carbonyl (C=O) groups excluding carboxylic acids is 1. The first-order valence-corrected chi connectivity index (χ1v) is 11.0. The largest absolute Gasteiger partial charge is 0.349 e. The highest BCUT2D eigenvalue weighted by atomic mass is 19.1. The molecule has 3 aromatic rings. The molecule has 1 N–H and O–H groups in total. The van der Waals surface area contributed by atoms with E-state index in [2.05, 4.69) is 15.4 Å². The third-order valence-corrected chi connectivity index (χ3v) is 7.38. The van der Waals surface area contributed by atoms with Crippen molar-refractivity contribution < 1.29 is 9.18 Å². The van der Waals surface area contributed by atoms with Crippen LogP contribution in [0.2, 0.25) is 0 Å². The van der Waals surface area contributed by atoms with Crippen LogP contribution < -0.4 is 10.9 Å². The van der Waals surface area contributed by atoms with Gasteiger partial charge in [0.25, 0.3) is 5.56 Å². The van der Waals surface area contributed by atoms with Gasteiger partial charge in [-0.05, 0) is 80.5 Å². The highest BCUT2D eigenvalue weighted by molar-refractivity contribution is 5.78. The lowest BCUT2D eigenvalue weighted by Crippen LogP contribution is -2.60. The molecule has 0 saturated heterocycles. The van der Waals surface area contributed by atoms with Gasteiger partial charge in [-0.1, -0.05) is 0 Å². The fraction of sp³-hybridized carbons (Fsp3) is 0.478. The number of nitrogens with zero attached hydrogens (tertiary/aromatic N) is 4. The van der Waals surface area contributed by atoms with Crippen molar-refractivity contribution in [2.24, 2.45) is 17.8 Å². The summed E-state index contributed by atoms with van der Waals surface area (Å²) in [6.07, 6.45) is 9.99. The Balaban J connectivity index is 1.24. The molecule has 31 heavy (non-hydrogen) atoms. The van der Waals surface area contributed by atoms with Crippen molar-refractivity contribution in [1.82, 2.24) is 24.6 Å². The molecule has 8 heteroatoms. The lowest BCUT2D eigenvalue weighted by molar-refractivity contribution is -0.127. The molecule has 0 radical (unpaired) electrons. The highest BCUT2D eigenvalue weighted by Crippen LogP contribution is 2.55. The summed E-state index contributed by atoms with van der Waals surface area (Å²) in [6.45, 7) is -0.0503. The summed E-state index contributed by atoms with van der Waals surface area (Å²) in [5.41, 5.74) is 0.606. The zero-order valence-electron chi connectivity index (χ0n) is 17.1. The van der Waals surface area contributed by atoms with E-state index in [-0.39, 0.29) is 29.4 Å². The van der Waals surface area contributed by atoms with Crippen molar-refractivity contribution in [1.29, 1.82) is 0 Å². The van der Waals surface area contributed by atoms with Crippen LogP contribution in [0.1, 0.15) is 38.5 Å². The van der Waals surface area contributed by atoms with Gasteiger partial charge in [0.05, 0.1) is 11.9 Å². The summed E-state index contributed by atoms with van der Waals surface area (Å²) < 4.78 is 16.1. The highest BCUT2D eigenvalue weighted by Gasteiger charge is 2.51. The summed E-state index contributed by atoms with van der Waals surface area (Å²) in [5.74, 6) is 1.75. The number of aromatic nitrogens is 4. The number of carbonyl (C=O) groups is 1. The number of halogens is 1. The van der Waals surface area contributed by atoms with Gasteiger partial charge in [-0.15, -0.1) is 0 Å². The molecule has 7 rings (SSSR count). The van der Waals surface area contributed by atoms with Crippen LogP contribution in [-0.2, 0) is 11.3 Å². The second-order valence-corrected chi connectivity index (χ2v) is 9.69. The normalized spacial score (nSPS) is 28.9. The van der Waals surface area contributed by atoms with Crippen molar-refractivity contribution in [3.63, 3.8) is 0 Å². The van der Waals surface area contributed by atoms with Crippen LogP contribution in [0.15, 0.2) is 41.6 Å². The number of benzene rings is 1. The average Bonchev–Trinajstić information content (AvgIpc) is 3.14. The van der Waals surface area contributed by atoms with Crippen LogP contribution in [0.3, 0.4) is 0 Å². The standard InChI is InChI=1S/C23H24FN5O2/c24-17-1-3-18(4-2-17)29-21-19(11-26-29)22(31)28(13-25-21)12-20(30)27-23-8-14-5-15(9-23)7-16(6-14)10-23/h1-4,11,13-16H,5-10,12H2,(H,27,30). The molecule has 0 aliphatic heterocycles. The van der Waals surface area contributed by atoms with Crippen molar-refractivity contribution in [2.45, 2.75) is 50.6 Å². The molecular formula is C23H24FN5O2. The molecule has 4 saturated carbocycles. The molecule has 4 fully saturated rings. The second kappa shape index (κ2) is 6.73. The monoisotopic (exact) mass is 421 g/mol. The van der Waals surface area contributed by atoms with Crippen molar-refractivity contribution in [2.75, 3.05) is 0 Å². The van der Waals surface area contributed by atoms with Gasteiger partial charge in [0.15, 0.2) is 5.65 Å². The average molecular weight is 421 g/mol. The quantitative estimate of drug-likeness (QED) is 0.702. The van der Waals surface area contributed by atoms with Gasteiger partial charge in [0.2, 0.25) is 5.91 Å². The molecule has 0 atom stereocenters. The molecule has 2 aromatic heterocycles. The summed E-state index contributed by atoms with van der Waals surface area (Å²) >= 11 is 0. The molecule has 4 aliphatic rings. The summed E-state index contributed by atoms with van der Waals surface area (Å²) in [7, 11) is 0. The number of amides is 1. The molecule has 4 aliphatic carbocycles. The van der Waals surface area contributed by atoms with E-state index in [9.17, 15) is 14.0 Å². The van der Waals surface area contributed by atoms with E-state index in [0.29, 0.717) is 16.7 Å². The van der Waals surface area contributed by atoms with E-state index < -0.39 is 0 Å². The van der Waals surface area contributed by atoms with Gasteiger partial charge in [0, 0.05) is 5.54 Å². The maximum atomic E-state index is 13.2. The molecular weight excluding hydrogens is 397 g/mol. The number of hydrogen-bond acceptors (Lipinski definition) is 4. The molecule has 0 spiro atoms. The van der Waals surface area contributed by atoms with Gasteiger partial charge in [-0.25, -0.2) is 14.1 Å². The topological polar surface area (TPSA) is 81.8 Å². The Morgan fingerprint density at radius 2 is 1.74 bits per heavy atom. The zero-order valence-corrected chi connectivity index (χ0v) is 17.1. The van der Waals surface area contributed by atoms with E-state index in [1.807, 2.05) is 0 Å². The van der Waals surface area contributed by atoms with Crippen LogP contribution in [-0.4, -0.2) is 30.8 Å². The third-order valence-electron chi connectivity index (χ3n) is 7.38. The fourth-order valence-corrected chi connectivity index (χ4v) is 6.59. The van der Waals surface area contributed by atoms with Crippen molar-refractivity contribution in [3.8, 4) is 5.69 Å². The molecule has 2 heterocycles. The van der Waals surface area contributed by atoms with Crippen LogP contribution in [0.25, 0.3) is 16.7 Å². The third kappa shape index (κ3) is 3.16. The minimum atomic E-state index is -0.347. The Hall–Kier alpha value is -3.03. The van der Waals surface area contributed by atoms with Crippen LogP contribution in [0, 0.1) is 23.6 Å². The van der Waals surface area contributed by atoms with Crippen LogP contribution in [0.4, 0.5) is 4.39 Å². The minimum Gasteiger partial charge on any atom is -0.349 e. The second-order valence-electron chi connectivity index (χ2n) is 9.69. The lowest BCUT2D eigenvalue weighted by atomic mass is 9.53. The summed E-state index contributed by atoms with van der Waals surface area (Å²) in [5, 5.41) is 7.87. The van der Waals surface area contributed by atoms with E-state index in [1.54, 1.807) is 12.1 Å². The smallest absolute Gasteiger partial charge is 0.264 e. The van der Waals surface area contributed by atoms with Gasteiger partial charge in [-0.3, -0.25) is 14.2 Å². The Kier molecular flexibility index (Phi) is 4.07. The fourth-order valence-electron chi connectivity index (χ4n) is 6.59. The first kappa shape index (κ1) is 18.7. The number of rotatable bonds is 4. The first-order chi connectivity index (χ1) is 15.0.